The molecule has 0 spiro atoms. The van der Waals surface area contributed by atoms with Crippen molar-refractivity contribution >= 4 is 0 Å². The van der Waals surface area contributed by atoms with Gasteiger partial charge in [0, 0.05) is 5.54 Å². The van der Waals surface area contributed by atoms with Gasteiger partial charge < -0.3 is 5.73 Å². The summed E-state index contributed by atoms with van der Waals surface area (Å²) in [5, 5.41) is 0. The third-order valence-corrected chi connectivity index (χ3v) is 2.93. The van der Waals surface area contributed by atoms with Crippen LogP contribution < -0.4 is 5.73 Å². The molecule has 1 saturated carbocycles. The second kappa shape index (κ2) is 2.91. The molecule has 1 aliphatic rings. The van der Waals surface area contributed by atoms with Crippen LogP contribution in [0.4, 0.5) is 0 Å². The van der Waals surface area contributed by atoms with E-state index >= 15 is 0 Å². The van der Waals surface area contributed by atoms with Crippen LogP contribution in [0.2, 0.25) is 0 Å². The minimum Gasteiger partial charge on any atom is -0.325 e. The molecular formula is C9H19N. The van der Waals surface area contributed by atoms with E-state index in [1.807, 2.05) is 0 Å². The van der Waals surface area contributed by atoms with Gasteiger partial charge in [-0.3, -0.25) is 0 Å². The van der Waals surface area contributed by atoms with Crippen LogP contribution in [0.15, 0.2) is 0 Å². The maximum atomic E-state index is 6.20. The normalized spacial score (nSPS) is 25.2. The Labute approximate surface area is 64.0 Å². The van der Waals surface area contributed by atoms with E-state index in [-0.39, 0.29) is 5.54 Å². The molecule has 0 heterocycles. The molecule has 0 aliphatic heterocycles. The molecule has 2 N–H and O–H groups in total. The standard InChI is InChI=1S/C9H19N/c1-8(2)9(10)6-4-3-5-7-9/h8H,3-7,10H2,1-2H3. The zero-order chi connectivity index (χ0) is 7.61. The highest BCUT2D eigenvalue weighted by Crippen LogP contribution is 2.31. The highest BCUT2D eigenvalue weighted by Gasteiger charge is 2.30. The van der Waals surface area contributed by atoms with Crippen molar-refractivity contribution in [1.29, 1.82) is 0 Å². The Balaban J connectivity index is 2.48. The first-order valence-corrected chi connectivity index (χ1v) is 4.44. The second-order valence-corrected chi connectivity index (χ2v) is 3.95. The van der Waals surface area contributed by atoms with Gasteiger partial charge in [0.25, 0.3) is 0 Å². The van der Waals surface area contributed by atoms with Gasteiger partial charge in [-0.15, -0.1) is 0 Å². The molecule has 0 atom stereocenters. The highest BCUT2D eigenvalue weighted by atomic mass is 14.8. The molecule has 1 rings (SSSR count). The number of hydrogen-bond donors (Lipinski definition) is 1. The summed E-state index contributed by atoms with van der Waals surface area (Å²) < 4.78 is 0. The number of nitrogens with two attached hydrogens (primary N) is 1. The second-order valence-electron chi connectivity index (χ2n) is 3.95. The average Bonchev–Trinajstić information content (AvgIpc) is 1.89. The van der Waals surface area contributed by atoms with Gasteiger partial charge in [-0.05, 0) is 18.8 Å². The highest BCUT2D eigenvalue weighted by molar-refractivity contribution is 4.89. The third kappa shape index (κ3) is 1.51. The van der Waals surface area contributed by atoms with E-state index in [4.69, 9.17) is 5.73 Å². The van der Waals surface area contributed by atoms with Crippen LogP contribution in [0.1, 0.15) is 46.0 Å². The van der Waals surface area contributed by atoms with E-state index in [1.54, 1.807) is 0 Å². The van der Waals surface area contributed by atoms with Crippen molar-refractivity contribution in [2.24, 2.45) is 11.7 Å². The first kappa shape index (κ1) is 8.06. The molecular weight excluding hydrogens is 122 g/mol. The lowest BCUT2D eigenvalue weighted by atomic mass is 9.75. The number of rotatable bonds is 1. The van der Waals surface area contributed by atoms with Gasteiger partial charge in [0.1, 0.15) is 0 Å². The van der Waals surface area contributed by atoms with Crippen molar-refractivity contribution in [1.82, 2.24) is 0 Å². The van der Waals surface area contributed by atoms with Crippen LogP contribution in [0.3, 0.4) is 0 Å². The Hall–Kier alpha value is -0.0400. The minimum absolute atomic E-state index is 0.179. The van der Waals surface area contributed by atoms with Crippen molar-refractivity contribution in [3.8, 4) is 0 Å². The Morgan fingerprint density at radius 3 is 1.90 bits per heavy atom. The van der Waals surface area contributed by atoms with E-state index in [2.05, 4.69) is 13.8 Å². The Bertz CT molecular complexity index is 101. The molecule has 60 valence electrons. The molecule has 10 heavy (non-hydrogen) atoms. The molecule has 0 radical (unpaired) electrons. The molecule has 0 unspecified atom stereocenters. The minimum atomic E-state index is 0.179. The summed E-state index contributed by atoms with van der Waals surface area (Å²) in [6.07, 6.45) is 6.56. The van der Waals surface area contributed by atoms with Gasteiger partial charge in [-0.1, -0.05) is 33.1 Å². The maximum Gasteiger partial charge on any atom is 0.0177 e. The lowest BCUT2D eigenvalue weighted by Crippen LogP contribution is -2.46. The lowest BCUT2D eigenvalue weighted by molar-refractivity contribution is 0.222. The first-order chi connectivity index (χ1) is 4.65. The van der Waals surface area contributed by atoms with E-state index in [0.717, 1.165) is 0 Å². The summed E-state index contributed by atoms with van der Waals surface area (Å²) in [5.41, 5.74) is 6.38. The molecule has 1 aliphatic carbocycles. The van der Waals surface area contributed by atoms with Crippen LogP contribution in [0.5, 0.6) is 0 Å². The Morgan fingerprint density at radius 2 is 1.60 bits per heavy atom. The van der Waals surface area contributed by atoms with Crippen molar-refractivity contribution in [3.63, 3.8) is 0 Å². The molecule has 0 aromatic heterocycles. The van der Waals surface area contributed by atoms with Gasteiger partial charge >= 0.3 is 0 Å². The Kier molecular flexibility index (Phi) is 2.35. The zero-order valence-corrected chi connectivity index (χ0v) is 7.19. The van der Waals surface area contributed by atoms with Gasteiger partial charge in [-0.2, -0.15) is 0 Å². The molecule has 0 aromatic rings. The van der Waals surface area contributed by atoms with Crippen molar-refractivity contribution in [2.75, 3.05) is 0 Å². The zero-order valence-electron chi connectivity index (χ0n) is 7.19. The molecule has 0 bridgehead atoms. The van der Waals surface area contributed by atoms with Crippen molar-refractivity contribution in [3.05, 3.63) is 0 Å². The third-order valence-electron chi connectivity index (χ3n) is 2.93. The fraction of sp³-hybridized carbons (Fsp3) is 1.00. The summed E-state index contributed by atoms with van der Waals surface area (Å²) >= 11 is 0. The van der Waals surface area contributed by atoms with Crippen LogP contribution in [-0.4, -0.2) is 5.54 Å². The Morgan fingerprint density at radius 1 is 1.10 bits per heavy atom. The van der Waals surface area contributed by atoms with Crippen LogP contribution >= 0.6 is 0 Å². The molecule has 0 saturated heterocycles. The van der Waals surface area contributed by atoms with Crippen LogP contribution in [0.25, 0.3) is 0 Å². The predicted molar refractivity (Wildman–Crippen MR) is 44.8 cm³/mol. The summed E-state index contributed by atoms with van der Waals surface area (Å²) in [7, 11) is 0. The molecule has 0 amide bonds. The van der Waals surface area contributed by atoms with Crippen molar-refractivity contribution < 1.29 is 0 Å². The van der Waals surface area contributed by atoms with E-state index in [0.29, 0.717) is 5.92 Å². The largest absolute Gasteiger partial charge is 0.325 e. The topological polar surface area (TPSA) is 26.0 Å². The summed E-state index contributed by atoms with van der Waals surface area (Å²) in [6, 6.07) is 0. The molecule has 1 heteroatoms. The fourth-order valence-corrected chi connectivity index (χ4v) is 1.79. The predicted octanol–water partition coefficient (Wildman–Crippen LogP) is 2.30. The smallest absolute Gasteiger partial charge is 0.0177 e. The summed E-state index contributed by atoms with van der Waals surface area (Å²) in [4.78, 5) is 0. The summed E-state index contributed by atoms with van der Waals surface area (Å²) in [6.45, 7) is 4.48. The molecule has 1 nitrogen and oxygen atoms in total. The lowest BCUT2D eigenvalue weighted by Gasteiger charge is -2.37. The molecule has 1 fully saturated rings. The first-order valence-electron chi connectivity index (χ1n) is 4.44. The van der Waals surface area contributed by atoms with E-state index < -0.39 is 0 Å². The summed E-state index contributed by atoms with van der Waals surface area (Å²) in [5.74, 6) is 0.660. The van der Waals surface area contributed by atoms with Gasteiger partial charge in [0.2, 0.25) is 0 Å². The maximum absolute atomic E-state index is 6.20. The van der Waals surface area contributed by atoms with E-state index in [9.17, 15) is 0 Å². The number of hydrogen-bond acceptors (Lipinski definition) is 1. The quantitative estimate of drug-likeness (QED) is 0.595. The van der Waals surface area contributed by atoms with Gasteiger partial charge in [0.15, 0.2) is 0 Å². The monoisotopic (exact) mass is 141 g/mol. The fourth-order valence-electron chi connectivity index (χ4n) is 1.79. The van der Waals surface area contributed by atoms with Gasteiger partial charge in [0.05, 0.1) is 0 Å². The SMILES string of the molecule is CC(C)C1(N)CCCCC1. The van der Waals surface area contributed by atoms with Crippen molar-refractivity contribution in [2.45, 2.75) is 51.5 Å². The van der Waals surface area contributed by atoms with Crippen LogP contribution in [0, 0.1) is 5.92 Å². The van der Waals surface area contributed by atoms with Crippen LogP contribution in [-0.2, 0) is 0 Å². The van der Waals surface area contributed by atoms with E-state index in [1.165, 1.54) is 32.1 Å². The van der Waals surface area contributed by atoms with Gasteiger partial charge in [-0.25, -0.2) is 0 Å². The molecule has 0 aromatic carbocycles. The average molecular weight is 141 g/mol.